The van der Waals surface area contributed by atoms with Crippen molar-refractivity contribution >= 4 is 5.82 Å². The van der Waals surface area contributed by atoms with Crippen LogP contribution in [0.2, 0.25) is 0 Å². The molecule has 0 aliphatic carbocycles. The first-order valence-electron chi connectivity index (χ1n) is 9.36. The zero-order valence-electron chi connectivity index (χ0n) is 15.0. The fourth-order valence-electron chi connectivity index (χ4n) is 3.67. The summed E-state index contributed by atoms with van der Waals surface area (Å²) < 4.78 is 6.16. The topological polar surface area (TPSA) is 72.0 Å². The molecule has 0 fully saturated rings. The maximum atomic E-state index is 6.16. The van der Waals surface area contributed by atoms with Crippen molar-refractivity contribution in [2.75, 3.05) is 11.9 Å². The van der Waals surface area contributed by atoms with Gasteiger partial charge in [-0.25, -0.2) is 9.97 Å². The summed E-state index contributed by atoms with van der Waals surface area (Å²) in [4.78, 5) is 13.7. The van der Waals surface area contributed by atoms with Crippen LogP contribution in [0, 0.1) is 0 Å². The molecule has 3 aromatic rings. The Bertz CT molecular complexity index is 960. The minimum atomic E-state index is 0.140. The molecule has 2 aromatic heterocycles. The summed E-state index contributed by atoms with van der Waals surface area (Å²) >= 11 is 0. The number of rotatable bonds is 4. The van der Waals surface area contributed by atoms with E-state index in [1.54, 1.807) is 12.4 Å². The lowest BCUT2D eigenvalue weighted by Crippen LogP contribution is -2.30. The normalized spacial score (nSPS) is 17.7. The summed E-state index contributed by atoms with van der Waals surface area (Å²) in [5, 5.41) is 6.89. The summed E-state index contributed by atoms with van der Waals surface area (Å²) in [6, 6.07) is 12.2. The smallest absolute Gasteiger partial charge is 0.163 e. The minimum Gasteiger partial charge on any atom is -0.488 e. The van der Waals surface area contributed by atoms with E-state index in [0.29, 0.717) is 5.82 Å². The predicted octanol–water partition coefficient (Wildman–Crippen LogP) is 2.95. The summed E-state index contributed by atoms with van der Waals surface area (Å²) in [6.07, 6.45) is 5.75. The molecule has 2 N–H and O–H groups in total. The van der Waals surface area contributed by atoms with Crippen LogP contribution in [0.25, 0.3) is 11.4 Å². The molecule has 0 saturated heterocycles. The Morgan fingerprint density at radius 3 is 3.00 bits per heavy atom. The maximum Gasteiger partial charge on any atom is 0.163 e. The molecule has 0 amide bonds. The molecular formula is C21H21N5O. The van der Waals surface area contributed by atoms with Gasteiger partial charge in [-0.15, -0.1) is 0 Å². The highest BCUT2D eigenvalue weighted by atomic mass is 16.5. The van der Waals surface area contributed by atoms with Gasteiger partial charge in [0.25, 0.3) is 0 Å². The van der Waals surface area contributed by atoms with Gasteiger partial charge in [-0.2, -0.15) is 0 Å². The number of hydrogen-bond donors (Lipinski definition) is 2. The number of hydrogen-bond acceptors (Lipinski definition) is 6. The molecule has 1 aromatic carbocycles. The van der Waals surface area contributed by atoms with Gasteiger partial charge in [0, 0.05) is 36.6 Å². The van der Waals surface area contributed by atoms with E-state index in [9.17, 15) is 0 Å². The van der Waals surface area contributed by atoms with E-state index in [1.807, 2.05) is 24.3 Å². The number of nitrogens with zero attached hydrogens (tertiary/aromatic N) is 3. The largest absolute Gasteiger partial charge is 0.488 e. The number of fused-ring (bicyclic) bond motifs is 2. The lowest BCUT2D eigenvalue weighted by atomic mass is 10.0. The van der Waals surface area contributed by atoms with Gasteiger partial charge in [0.2, 0.25) is 0 Å². The van der Waals surface area contributed by atoms with Crippen molar-refractivity contribution in [3.05, 3.63) is 65.6 Å². The van der Waals surface area contributed by atoms with E-state index in [1.165, 1.54) is 5.56 Å². The molecule has 136 valence electrons. The zero-order chi connectivity index (χ0) is 18.1. The summed E-state index contributed by atoms with van der Waals surface area (Å²) in [6.45, 7) is 2.29. The van der Waals surface area contributed by atoms with Crippen LogP contribution in [-0.4, -0.2) is 27.6 Å². The highest BCUT2D eigenvalue weighted by Crippen LogP contribution is 2.28. The molecule has 6 nitrogen and oxygen atoms in total. The van der Waals surface area contributed by atoms with Gasteiger partial charge in [-0.05, 0) is 36.6 Å². The first-order valence-corrected chi connectivity index (χ1v) is 9.36. The van der Waals surface area contributed by atoms with Gasteiger partial charge in [0.15, 0.2) is 5.82 Å². The van der Waals surface area contributed by atoms with Gasteiger partial charge in [-0.3, -0.25) is 4.98 Å². The van der Waals surface area contributed by atoms with Crippen LogP contribution in [0.5, 0.6) is 5.75 Å². The second kappa shape index (κ2) is 6.96. The van der Waals surface area contributed by atoms with Crippen molar-refractivity contribution in [3.63, 3.8) is 0 Å². The van der Waals surface area contributed by atoms with E-state index in [4.69, 9.17) is 14.7 Å². The van der Waals surface area contributed by atoms with Crippen LogP contribution in [0.4, 0.5) is 5.82 Å². The average Bonchev–Trinajstić information content (AvgIpc) is 3.21. The lowest BCUT2D eigenvalue weighted by Gasteiger charge is -2.26. The average molecular weight is 359 g/mol. The van der Waals surface area contributed by atoms with E-state index in [2.05, 4.69) is 27.8 Å². The van der Waals surface area contributed by atoms with Gasteiger partial charge >= 0.3 is 0 Å². The maximum absolute atomic E-state index is 6.16. The number of benzene rings is 1. The second-order valence-electron chi connectivity index (χ2n) is 6.93. The van der Waals surface area contributed by atoms with E-state index in [-0.39, 0.29) is 6.10 Å². The molecule has 27 heavy (non-hydrogen) atoms. The van der Waals surface area contributed by atoms with Crippen molar-refractivity contribution in [1.29, 1.82) is 0 Å². The first kappa shape index (κ1) is 16.2. The number of pyridine rings is 1. The highest BCUT2D eigenvalue weighted by Gasteiger charge is 2.23. The summed E-state index contributed by atoms with van der Waals surface area (Å²) in [7, 11) is 0. The van der Waals surface area contributed by atoms with E-state index >= 15 is 0 Å². The minimum absolute atomic E-state index is 0.140. The highest BCUT2D eigenvalue weighted by molar-refractivity contribution is 5.59. The Labute approximate surface area is 158 Å². The summed E-state index contributed by atoms with van der Waals surface area (Å²) in [5.41, 5.74) is 4.43. The molecule has 0 saturated carbocycles. The summed E-state index contributed by atoms with van der Waals surface area (Å²) in [5.74, 6) is 2.61. The fourth-order valence-corrected chi connectivity index (χ4v) is 3.67. The quantitative estimate of drug-likeness (QED) is 0.746. The zero-order valence-corrected chi connectivity index (χ0v) is 15.0. The molecule has 0 spiro atoms. The van der Waals surface area contributed by atoms with E-state index in [0.717, 1.165) is 60.9 Å². The SMILES string of the molecule is c1cncc(-c2nc3c(c(NC[C@H]4CCc5ccccc5O4)n2)CNC3)c1. The van der Waals surface area contributed by atoms with Crippen LogP contribution >= 0.6 is 0 Å². The van der Waals surface area contributed by atoms with Crippen molar-refractivity contribution < 1.29 is 4.74 Å². The van der Waals surface area contributed by atoms with Crippen molar-refractivity contribution in [2.24, 2.45) is 0 Å². The number of para-hydroxylation sites is 1. The number of nitrogens with one attached hydrogen (secondary N) is 2. The van der Waals surface area contributed by atoms with Crippen LogP contribution < -0.4 is 15.4 Å². The van der Waals surface area contributed by atoms with Gasteiger partial charge in [0.05, 0.1) is 12.2 Å². The Morgan fingerprint density at radius 1 is 1.11 bits per heavy atom. The van der Waals surface area contributed by atoms with Crippen LogP contribution in [0.3, 0.4) is 0 Å². The second-order valence-corrected chi connectivity index (χ2v) is 6.93. The predicted molar refractivity (Wildman–Crippen MR) is 103 cm³/mol. The van der Waals surface area contributed by atoms with Gasteiger partial charge in [0.1, 0.15) is 17.7 Å². The first-order chi connectivity index (χ1) is 13.4. The number of aryl methyl sites for hydroxylation is 1. The number of aromatic nitrogens is 3. The van der Waals surface area contributed by atoms with Crippen LogP contribution in [0.1, 0.15) is 23.2 Å². The molecular weight excluding hydrogens is 338 g/mol. The number of anilines is 1. The fraction of sp³-hybridized carbons (Fsp3) is 0.286. The van der Waals surface area contributed by atoms with E-state index < -0.39 is 0 Å². The Hall–Kier alpha value is -2.99. The van der Waals surface area contributed by atoms with Crippen molar-refractivity contribution in [3.8, 4) is 17.1 Å². The molecule has 1 atom stereocenters. The third-order valence-electron chi connectivity index (χ3n) is 5.11. The van der Waals surface area contributed by atoms with Crippen molar-refractivity contribution in [2.45, 2.75) is 32.0 Å². The number of ether oxygens (including phenoxy) is 1. The molecule has 0 bridgehead atoms. The Balaban J connectivity index is 1.37. The molecule has 6 heteroatoms. The standard InChI is InChI=1S/C21H21N5O/c1-2-6-19-14(4-1)7-8-16(27-19)11-24-21-17-12-23-13-18(17)25-20(26-21)15-5-3-9-22-10-15/h1-6,9-10,16,23H,7-8,11-13H2,(H,24,25,26)/t16-/m1/s1. The Kier molecular flexibility index (Phi) is 4.18. The Morgan fingerprint density at radius 2 is 2.07 bits per heavy atom. The third-order valence-corrected chi connectivity index (χ3v) is 5.11. The molecule has 0 unspecified atom stereocenters. The van der Waals surface area contributed by atoms with Gasteiger partial charge in [-0.1, -0.05) is 18.2 Å². The molecule has 0 radical (unpaired) electrons. The monoisotopic (exact) mass is 359 g/mol. The lowest BCUT2D eigenvalue weighted by molar-refractivity contribution is 0.185. The van der Waals surface area contributed by atoms with Crippen LogP contribution in [0.15, 0.2) is 48.8 Å². The molecule has 4 heterocycles. The van der Waals surface area contributed by atoms with Crippen LogP contribution in [-0.2, 0) is 19.5 Å². The van der Waals surface area contributed by atoms with Gasteiger partial charge < -0.3 is 15.4 Å². The van der Waals surface area contributed by atoms with Crippen molar-refractivity contribution in [1.82, 2.24) is 20.3 Å². The molecule has 2 aliphatic rings. The molecule has 2 aliphatic heterocycles. The third kappa shape index (κ3) is 3.24. The molecule has 5 rings (SSSR count).